The molecule has 0 saturated heterocycles. The van der Waals surface area contributed by atoms with E-state index in [1.165, 1.54) is 25.2 Å². The number of benzene rings is 2. The molecule has 2 aromatic heterocycles. The second kappa shape index (κ2) is 9.06. The summed E-state index contributed by atoms with van der Waals surface area (Å²) in [7, 11) is 1.33. The van der Waals surface area contributed by atoms with Crippen molar-refractivity contribution in [3.63, 3.8) is 0 Å². The number of rotatable bonds is 6. The lowest BCUT2D eigenvalue weighted by atomic mass is 10.2. The number of amides is 1. The van der Waals surface area contributed by atoms with Gasteiger partial charge >= 0.3 is 5.97 Å². The van der Waals surface area contributed by atoms with Gasteiger partial charge in [0.05, 0.1) is 18.4 Å². The van der Waals surface area contributed by atoms with Crippen LogP contribution in [0.5, 0.6) is 0 Å². The summed E-state index contributed by atoms with van der Waals surface area (Å²) in [6.07, 6.45) is 1.53. The van der Waals surface area contributed by atoms with Gasteiger partial charge in [-0.2, -0.15) is 0 Å². The summed E-state index contributed by atoms with van der Waals surface area (Å²) in [6.45, 7) is 0. The molecule has 150 valence electrons. The van der Waals surface area contributed by atoms with E-state index < -0.39 is 5.97 Å². The SMILES string of the molecule is COC(=O)c1ccc(NC(=O)CSc2ncnc3sc(-c4ccccc4)cc23)cc1. The molecule has 0 saturated carbocycles. The fourth-order valence-electron chi connectivity index (χ4n) is 2.83. The minimum absolute atomic E-state index is 0.156. The van der Waals surface area contributed by atoms with Crippen molar-refractivity contribution in [1.29, 1.82) is 0 Å². The van der Waals surface area contributed by atoms with Gasteiger partial charge in [0.15, 0.2) is 0 Å². The first-order chi connectivity index (χ1) is 14.6. The van der Waals surface area contributed by atoms with E-state index in [-0.39, 0.29) is 11.7 Å². The number of carbonyl (C=O) groups excluding carboxylic acids is 2. The maximum atomic E-state index is 12.4. The molecule has 0 bridgehead atoms. The topological polar surface area (TPSA) is 81.2 Å². The zero-order valence-corrected chi connectivity index (χ0v) is 17.6. The number of aromatic nitrogens is 2. The summed E-state index contributed by atoms with van der Waals surface area (Å²) in [5.74, 6) is -0.362. The van der Waals surface area contributed by atoms with Crippen LogP contribution in [-0.4, -0.2) is 34.7 Å². The third-order valence-corrected chi connectivity index (χ3v) is 6.38. The zero-order valence-electron chi connectivity index (χ0n) is 16.0. The fraction of sp³-hybridized carbons (Fsp3) is 0.0909. The van der Waals surface area contributed by atoms with E-state index in [0.29, 0.717) is 11.3 Å². The molecule has 2 heterocycles. The Balaban J connectivity index is 1.44. The first-order valence-electron chi connectivity index (χ1n) is 9.05. The van der Waals surface area contributed by atoms with E-state index in [4.69, 9.17) is 0 Å². The number of fused-ring (bicyclic) bond motifs is 1. The first-order valence-corrected chi connectivity index (χ1v) is 10.9. The molecule has 0 fully saturated rings. The summed E-state index contributed by atoms with van der Waals surface area (Å²) >= 11 is 2.97. The van der Waals surface area contributed by atoms with Crippen LogP contribution in [0.4, 0.5) is 5.69 Å². The highest BCUT2D eigenvalue weighted by Crippen LogP contribution is 2.36. The fourth-order valence-corrected chi connectivity index (χ4v) is 4.67. The average molecular weight is 436 g/mol. The Labute approximate surface area is 181 Å². The van der Waals surface area contributed by atoms with Crippen molar-refractivity contribution >= 4 is 50.9 Å². The number of nitrogens with zero attached hydrogens (tertiary/aromatic N) is 2. The molecule has 2 aromatic carbocycles. The average Bonchev–Trinajstić information content (AvgIpc) is 3.23. The van der Waals surface area contributed by atoms with Gasteiger partial charge < -0.3 is 10.1 Å². The Morgan fingerprint density at radius 1 is 1.07 bits per heavy atom. The van der Waals surface area contributed by atoms with Crippen LogP contribution in [0, 0.1) is 0 Å². The number of thioether (sulfide) groups is 1. The maximum Gasteiger partial charge on any atom is 0.337 e. The Kier molecular flexibility index (Phi) is 6.06. The number of anilines is 1. The van der Waals surface area contributed by atoms with E-state index in [0.717, 1.165) is 25.7 Å². The summed E-state index contributed by atoms with van der Waals surface area (Å²) < 4.78 is 4.67. The Hall–Kier alpha value is -3.23. The quantitative estimate of drug-likeness (QED) is 0.264. The van der Waals surface area contributed by atoms with Crippen LogP contribution in [0.2, 0.25) is 0 Å². The van der Waals surface area contributed by atoms with Crippen LogP contribution in [0.1, 0.15) is 10.4 Å². The van der Waals surface area contributed by atoms with Crippen molar-refractivity contribution in [2.24, 2.45) is 0 Å². The largest absolute Gasteiger partial charge is 0.465 e. The number of hydrogen-bond acceptors (Lipinski definition) is 7. The van der Waals surface area contributed by atoms with Crippen LogP contribution >= 0.6 is 23.1 Å². The number of esters is 1. The minimum atomic E-state index is -0.415. The maximum absolute atomic E-state index is 12.4. The van der Waals surface area contributed by atoms with Crippen molar-refractivity contribution in [3.8, 4) is 10.4 Å². The highest BCUT2D eigenvalue weighted by Gasteiger charge is 2.13. The van der Waals surface area contributed by atoms with E-state index >= 15 is 0 Å². The molecule has 0 unspecified atom stereocenters. The van der Waals surface area contributed by atoms with Gasteiger partial charge in [-0.3, -0.25) is 4.79 Å². The van der Waals surface area contributed by atoms with Crippen molar-refractivity contribution in [2.45, 2.75) is 5.03 Å². The number of nitrogens with one attached hydrogen (secondary N) is 1. The lowest BCUT2D eigenvalue weighted by Crippen LogP contribution is -2.14. The Morgan fingerprint density at radius 3 is 2.57 bits per heavy atom. The second-order valence-corrected chi connectivity index (χ2v) is 8.27. The molecule has 0 aliphatic heterocycles. The van der Waals surface area contributed by atoms with Crippen molar-refractivity contribution in [1.82, 2.24) is 9.97 Å². The van der Waals surface area contributed by atoms with Crippen LogP contribution in [0.25, 0.3) is 20.7 Å². The third-order valence-electron chi connectivity index (χ3n) is 4.28. The molecule has 0 aliphatic rings. The summed E-state index contributed by atoms with van der Waals surface area (Å²) in [4.78, 5) is 34.6. The van der Waals surface area contributed by atoms with Gasteiger partial charge in [0, 0.05) is 16.0 Å². The normalized spacial score (nSPS) is 10.7. The molecular weight excluding hydrogens is 418 g/mol. The number of thiophene rings is 1. The van der Waals surface area contributed by atoms with Gasteiger partial charge in [-0.05, 0) is 35.9 Å². The molecular formula is C22H17N3O3S2. The first kappa shape index (κ1) is 20.1. The smallest absolute Gasteiger partial charge is 0.337 e. The Bertz CT molecular complexity index is 1190. The lowest BCUT2D eigenvalue weighted by Gasteiger charge is -2.06. The number of carbonyl (C=O) groups is 2. The Morgan fingerprint density at radius 2 is 1.83 bits per heavy atom. The monoisotopic (exact) mass is 435 g/mol. The van der Waals surface area contributed by atoms with Crippen LogP contribution in [0.3, 0.4) is 0 Å². The van der Waals surface area contributed by atoms with Crippen LogP contribution in [0.15, 0.2) is 72.0 Å². The number of ether oxygens (including phenoxy) is 1. The molecule has 30 heavy (non-hydrogen) atoms. The molecule has 0 atom stereocenters. The van der Waals surface area contributed by atoms with E-state index in [1.807, 2.05) is 18.2 Å². The van der Waals surface area contributed by atoms with Gasteiger partial charge in [0.25, 0.3) is 0 Å². The molecule has 8 heteroatoms. The molecule has 0 spiro atoms. The summed E-state index contributed by atoms with van der Waals surface area (Å²) in [6, 6.07) is 18.7. The predicted octanol–water partition coefficient (Wildman–Crippen LogP) is 4.88. The second-order valence-electron chi connectivity index (χ2n) is 6.28. The van der Waals surface area contributed by atoms with E-state index in [9.17, 15) is 9.59 Å². The highest BCUT2D eigenvalue weighted by atomic mass is 32.2. The van der Waals surface area contributed by atoms with Gasteiger partial charge in [-0.25, -0.2) is 14.8 Å². The van der Waals surface area contributed by atoms with Crippen LogP contribution in [-0.2, 0) is 9.53 Å². The molecule has 4 aromatic rings. The van der Waals surface area contributed by atoms with Crippen molar-refractivity contribution in [2.75, 3.05) is 18.2 Å². The number of methoxy groups -OCH3 is 1. The number of hydrogen-bond donors (Lipinski definition) is 1. The van der Waals surface area contributed by atoms with Gasteiger partial charge in [-0.1, -0.05) is 42.1 Å². The lowest BCUT2D eigenvalue weighted by molar-refractivity contribution is -0.113. The highest BCUT2D eigenvalue weighted by molar-refractivity contribution is 8.00. The van der Waals surface area contributed by atoms with Crippen LogP contribution < -0.4 is 5.32 Å². The van der Waals surface area contributed by atoms with Crippen molar-refractivity contribution in [3.05, 3.63) is 72.6 Å². The van der Waals surface area contributed by atoms with Gasteiger partial charge in [0.2, 0.25) is 5.91 Å². The standard InChI is InChI=1S/C22H17N3O3S2/c1-28-22(27)15-7-9-16(10-8-15)25-19(26)12-29-20-17-11-18(14-5-3-2-4-6-14)30-21(17)24-13-23-20/h2-11,13H,12H2,1H3,(H,25,26). The zero-order chi connectivity index (χ0) is 20.9. The van der Waals surface area contributed by atoms with Crippen molar-refractivity contribution < 1.29 is 14.3 Å². The summed E-state index contributed by atoms with van der Waals surface area (Å²) in [5, 5.41) is 4.54. The van der Waals surface area contributed by atoms with E-state index in [1.54, 1.807) is 35.6 Å². The third kappa shape index (κ3) is 4.50. The molecule has 0 aliphatic carbocycles. The molecule has 6 nitrogen and oxygen atoms in total. The molecule has 1 N–H and O–H groups in total. The minimum Gasteiger partial charge on any atom is -0.465 e. The van der Waals surface area contributed by atoms with Gasteiger partial charge in [-0.15, -0.1) is 11.3 Å². The molecule has 0 radical (unpaired) electrons. The molecule has 1 amide bonds. The van der Waals surface area contributed by atoms with E-state index in [2.05, 4.69) is 38.2 Å². The summed E-state index contributed by atoms with van der Waals surface area (Å²) in [5.41, 5.74) is 2.17. The van der Waals surface area contributed by atoms with Gasteiger partial charge in [0.1, 0.15) is 16.2 Å². The molecule has 4 rings (SSSR count). The predicted molar refractivity (Wildman–Crippen MR) is 120 cm³/mol.